The Morgan fingerprint density at radius 3 is 2.58 bits per heavy atom. The lowest BCUT2D eigenvalue weighted by Gasteiger charge is -2.21. The molecule has 1 aromatic rings. The maximum Gasteiger partial charge on any atom is 0.0406 e. The number of benzene rings is 1. The highest BCUT2D eigenvalue weighted by molar-refractivity contribution is 6.30. The molecule has 1 saturated carbocycles. The van der Waals surface area contributed by atoms with Crippen LogP contribution in [-0.4, -0.2) is 29.6 Å². The average Bonchev–Trinajstić information content (AvgIpc) is 3.15. The summed E-state index contributed by atoms with van der Waals surface area (Å²) < 4.78 is 0. The minimum atomic E-state index is 0.397. The second kappa shape index (κ2) is 5.43. The van der Waals surface area contributed by atoms with Gasteiger partial charge in [0.2, 0.25) is 0 Å². The molecular formula is C16H23ClN2. The van der Waals surface area contributed by atoms with Crippen LogP contribution in [0.25, 0.3) is 0 Å². The summed E-state index contributed by atoms with van der Waals surface area (Å²) in [5.41, 5.74) is 1.32. The first-order valence-electron chi connectivity index (χ1n) is 7.40. The Labute approximate surface area is 121 Å². The molecule has 1 aliphatic carbocycles. The number of nitrogens with zero attached hydrogens (tertiary/aromatic N) is 1. The zero-order chi connectivity index (χ0) is 13.4. The van der Waals surface area contributed by atoms with Crippen molar-refractivity contribution in [3.63, 3.8) is 0 Å². The molecule has 3 rings (SSSR count). The van der Waals surface area contributed by atoms with Crippen LogP contribution in [0, 0.1) is 0 Å². The van der Waals surface area contributed by atoms with E-state index in [1.165, 1.54) is 31.4 Å². The molecule has 0 aromatic heterocycles. The summed E-state index contributed by atoms with van der Waals surface area (Å²) in [5.74, 6) is 0. The lowest BCUT2D eigenvalue weighted by molar-refractivity contribution is 0.254. The van der Waals surface area contributed by atoms with Crippen molar-refractivity contribution < 1.29 is 0 Å². The van der Waals surface area contributed by atoms with Crippen molar-refractivity contribution in [1.29, 1.82) is 0 Å². The quantitative estimate of drug-likeness (QED) is 0.905. The van der Waals surface area contributed by atoms with Gasteiger partial charge in [-0.15, -0.1) is 0 Å². The van der Waals surface area contributed by atoms with Crippen LogP contribution in [0.15, 0.2) is 24.3 Å². The van der Waals surface area contributed by atoms with Gasteiger partial charge >= 0.3 is 0 Å². The second-order valence-corrected chi connectivity index (χ2v) is 6.59. The van der Waals surface area contributed by atoms with Crippen molar-refractivity contribution in [1.82, 2.24) is 10.2 Å². The SMILES string of the molecule is CC1CC(N[C@@H](C)c2ccc(Cl)cc2)CN1C1CC1. The van der Waals surface area contributed by atoms with E-state index in [1.54, 1.807) is 0 Å². The van der Waals surface area contributed by atoms with E-state index < -0.39 is 0 Å². The molecule has 104 valence electrons. The lowest BCUT2D eigenvalue weighted by Crippen LogP contribution is -2.35. The Morgan fingerprint density at radius 2 is 1.95 bits per heavy atom. The second-order valence-electron chi connectivity index (χ2n) is 6.15. The summed E-state index contributed by atoms with van der Waals surface area (Å²) in [6.07, 6.45) is 4.09. The van der Waals surface area contributed by atoms with E-state index in [0.717, 1.165) is 17.1 Å². The molecule has 1 aliphatic heterocycles. The van der Waals surface area contributed by atoms with Gasteiger partial charge in [0.25, 0.3) is 0 Å². The molecule has 0 bridgehead atoms. The molecule has 1 heterocycles. The van der Waals surface area contributed by atoms with Crippen molar-refractivity contribution in [3.8, 4) is 0 Å². The number of rotatable bonds is 4. The van der Waals surface area contributed by atoms with Crippen molar-refractivity contribution >= 4 is 11.6 Å². The zero-order valence-electron chi connectivity index (χ0n) is 11.8. The van der Waals surface area contributed by atoms with Crippen molar-refractivity contribution in [2.45, 2.75) is 57.3 Å². The summed E-state index contributed by atoms with van der Waals surface area (Å²) in [6.45, 7) is 5.82. The zero-order valence-corrected chi connectivity index (χ0v) is 12.5. The van der Waals surface area contributed by atoms with Crippen molar-refractivity contribution in [2.24, 2.45) is 0 Å². The summed E-state index contributed by atoms with van der Waals surface area (Å²) >= 11 is 5.94. The maximum absolute atomic E-state index is 5.94. The Balaban J connectivity index is 1.57. The van der Waals surface area contributed by atoms with Gasteiger partial charge in [-0.1, -0.05) is 23.7 Å². The molecule has 0 radical (unpaired) electrons. The minimum absolute atomic E-state index is 0.397. The number of likely N-dealkylation sites (tertiary alicyclic amines) is 1. The molecule has 2 fully saturated rings. The van der Waals surface area contributed by atoms with Crippen LogP contribution in [-0.2, 0) is 0 Å². The number of hydrogen-bond acceptors (Lipinski definition) is 2. The van der Waals surface area contributed by atoms with Gasteiger partial charge in [-0.05, 0) is 50.8 Å². The van der Waals surface area contributed by atoms with E-state index in [2.05, 4.69) is 36.2 Å². The Hall–Kier alpha value is -0.570. The molecule has 0 spiro atoms. The van der Waals surface area contributed by atoms with Gasteiger partial charge in [-0.3, -0.25) is 4.90 Å². The Kier molecular flexibility index (Phi) is 3.84. The van der Waals surface area contributed by atoms with Gasteiger partial charge in [0, 0.05) is 35.7 Å². The smallest absolute Gasteiger partial charge is 0.0406 e. The lowest BCUT2D eigenvalue weighted by atomic mass is 10.1. The van der Waals surface area contributed by atoms with E-state index in [1.807, 2.05) is 12.1 Å². The van der Waals surface area contributed by atoms with Crippen LogP contribution in [0.5, 0.6) is 0 Å². The Bertz CT molecular complexity index is 427. The largest absolute Gasteiger partial charge is 0.306 e. The molecule has 1 aromatic carbocycles. The van der Waals surface area contributed by atoms with Crippen LogP contribution in [0.2, 0.25) is 5.02 Å². The summed E-state index contributed by atoms with van der Waals surface area (Å²) in [4.78, 5) is 2.69. The minimum Gasteiger partial charge on any atom is -0.306 e. The topological polar surface area (TPSA) is 15.3 Å². The highest BCUT2D eigenvalue weighted by Gasteiger charge is 2.38. The van der Waals surface area contributed by atoms with E-state index in [0.29, 0.717) is 12.1 Å². The van der Waals surface area contributed by atoms with Crippen LogP contribution >= 0.6 is 11.6 Å². The Morgan fingerprint density at radius 1 is 1.26 bits per heavy atom. The molecule has 2 unspecified atom stereocenters. The van der Waals surface area contributed by atoms with Crippen LogP contribution < -0.4 is 5.32 Å². The number of halogens is 1. The number of hydrogen-bond donors (Lipinski definition) is 1. The maximum atomic E-state index is 5.94. The normalized spacial score (nSPS) is 29.6. The van der Waals surface area contributed by atoms with Crippen LogP contribution in [0.1, 0.15) is 44.7 Å². The molecule has 2 nitrogen and oxygen atoms in total. The highest BCUT2D eigenvalue weighted by Crippen LogP contribution is 2.33. The van der Waals surface area contributed by atoms with Gasteiger partial charge < -0.3 is 5.32 Å². The van der Waals surface area contributed by atoms with Gasteiger partial charge in [-0.25, -0.2) is 0 Å². The first-order valence-corrected chi connectivity index (χ1v) is 7.78. The summed E-state index contributed by atoms with van der Waals surface area (Å²) in [5, 5.41) is 4.58. The molecule has 19 heavy (non-hydrogen) atoms. The molecule has 1 N–H and O–H groups in total. The van der Waals surface area contributed by atoms with E-state index in [9.17, 15) is 0 Å². The first kappa shape index (κ1) is 13.4. The fourth-order valence-corrected chi connectivity index (χ4v) is 3.42. The molecule has 2 aliphatic rings. The summed E-state index contributed by atoms with van der Waals surface area (Å²) in [7, 11) is 0. The monoisotopic (exact) mass is 278 g/mol. The van der Waals surface area contributed by atoms with Gasteiger partial charge in [0.15, 0.2) is 0 Å². The average molecular weight is 279 g/mol. The van der Waals surface area contributed by atoms with Crippen LogP contribution in [0.4, 0.5) is 0 Å². The van der Waals surface area contributed by atoms with Crippen LogP contribution in [0.3, 0.4) is 0 Å². The highest BCUT2D eigenvalue weighted by atomic mass is 35.5. The molecule has 3 atom stereocenters. The van der Waals surface area contributed by atoms with Gasteiger partial charge in [0.05, 0.1) is 0 Å². The molecule has 3 heteroatoms. The predicted molar refractivity (Wildman–Crippen MR) is 80.6 cm³/mol. The molecule has 0 amide bonds. The fraction of sp³-hybridized carbons (Fsp3) is 0.625. The van der Waals surface area contributed by atoms with Crippen molar-refractivity contribution in [2.75, 3.05) is 6.54 Å². The van der Waals surface area contributed by atoms with E-state index in [-0.39, 0.29) is 0 Å². The number of nitrogens with one attached hydrogen (secondary N) is 1. The summed E-state index contributed by atoms with van der Waals surface area (Å²) in [6, 6.07) is 10.8. The van der Waals surface area contributed by atoms with E-state index in [4.69, 9.17) is 11.6 Å². The fourth-order valence-electron chi connectivity index (χ4n) is 3.29. The van der Waals surface area contributed by atoms with Crippen molar-refractivity contribution in [3.05, 3.63) is 34.9 Å². The first-order chi connectivity index (χ1) is 9.13. The predicted octanol–water partition coefficient (Wildman–Crippen LogP) is 3.62. The van der Waals surface area contributed by atoms with Gasteiger partial charge in [-0.2, -0.15) is 0 Å². The third-order valence-corrected chi connectivity index (χ3v) is 4.75. The molecular weight excluding hydrogens is 256 g/mol. The third-order valence-electron chi connectivity index (χ3n) is 4.49. The van der Waals surface area contributed by atoms with Gasteiger partial charge in [0.1, 0.15) is 0 Å². The van der Waals surface area contributed by atoms with E-state index >= 15 is 0 Å². The standard InChI is InChI=1S/C16H23ClN2/c1-11-9-15(10-19(11)16-7-8-16)18-12(2)13-3-5-14(17)6-4-13/h3-6,11-12,15-16,18H,7-10H2,1-2H3/t11?,12-,15?/m0/s1. The molecule has 1 saturated heterocycles. The third kappa shape index (κ3) is 3.13.